The standard InChI is InChI=1S/C27H29FN6O2/c1-16-14-34(15-21(29)26(16)35)24-7-9-30-13-23(24)31-12-19-6-5-17-3-4-18(11-22(17)32-19)20-8-10-33(2)27(36)25(20)28/h3-11,13,16,21,26,31,35H,12,14-15,29H2,1-2H3. The van der Waals surface area contributed by atoms with E-state index in [4.69, 9.17) is 10.7 Å². The van der Waals surface area contributed by atoms with Crippen LogP contribution < -0.4 is 21.5 Å². The minimum atomic E-state index is -0.777. The first-order valence-corrected chi connectivity index (χ1v) is 11.9. The molecule has 0 bridgehead atoms. The Kier molecular flexibility index (Phi) is 6.42. The van der Waals surface area contributed by atoms with Gasteiger partial charge in [-0.1, -0.05) is 25.1 Å². The maximum atomic E-state index is 14.6. The third-order valence-corrected chi connectivity index (χ3v) is 6.83. The van der Waals surface area contributed by atoms with Crippen LogP contribution >= 0.6 is 0 Å². The molecule has 1 aliphatic heterocycles. The third-order valence-electron chi connectivity index (χ3n) is 6.83. The lowest BCUT2D eigenvalue weighted by Gasteiger charge is -2.40. The van der Waals surface area contributed by atoms with Gasteiger partial charge >= 0.3 is 0 Å². The van der Waals surface area contributed by atoms with Crippen LogP contribution in [0.3, 0.4) is 0 Å². The van der Waals surface area contributed by atoms with E-state index in [0.717, 1.165) is 22.5 Å². The number of halogens is 1. The van der Waals surface area contributed by atoms with Gasteiger partial charge in [0.25, 0.3) is 5.56 Å². The maximum absolute atomic E-state index is 14.6. The first-order valence-electron chi connectivity index (χ1n) is 11.9. The summed E-state index contributed by atoms with van der Waals surface area (Å²) in [6, 6.07) is 12.6. The highest BCUT2D eigenvalue weighted by molar-refractivity contribution is 5.84. The second-order valence-electron chi connectivity index (χ2n) is 9.45. The Balaban J connectivity index is 1.39. The maximum Gasteiger partial charge on any atom is 0.286 e. The van der Waals surface area contributed by atoms with E-state index >= 15 is 0 Å². The molecular weight excluding hydrogens is 459 g/mol. The van der Waals surface area contributed by atoms with Gasteiger partial charge in [0.15, 0.2) is 5.82 Å². The molecule has 0 aliphatic carbocycles. The molecule has 1 aliphatic rings. The number of rotatable bonds is 5. The summed E-state index contributed by atoms with van der Waals surface area (Å²) in [7, 11) is 1.52. The minimum Gasteiger partial charge on any atom is -0.391 e. The molecule has 1 saturated heterocycles. The number of aryl methyl sites for hydroxylation is 1. The third kappa shape index (κ3) is 4.55. The average molecular weight is 489 g/mol. The number of aromatic nitrogens is 3. The van der Waals surface area contributed by atoms with Crippen LogP contribution in [0.1, 0.15) is 12.6 Å². The number of piperidine rings is 1. The normalized spacial score (nSPS) is 20.0. The van der Waals surface area contributed by atoms with Crippen molar-refractivity contribution in [1.29, 1.82) is 0 Å². The van der Waals surface area contributed by atoms with Crippen molar-refractivity contribution in [2.45, 2.75) is 25.6 Å². The zero-order chi connectivity index (χ0) is 25.4. The van der Waals surface area contributed by atoms with Gasteiger partial charge in [0.1, 0.15) is 0 Å². The highest BCUT2D eigenvalue weighted by Crippen LogP contribution is 2.30. The van der Waals surface area contributed by atoms with E-state index in [1.807, 2.05) is 31.2 Å². The van der Waals surface area contributed by atoms with Crippen molar-refractivity contribution >= 4 is 22.3 Å². The van der Waals surface area contributed by atoms with Gasteiger partial charge in [0.2, 0.25) is 0 Å². The quantitative estimate of drug-likeness (QED) is 0.396. The number of nitrogens with two attached hydrogens (primary N) is 1. The summed E-state index contributed by atoms with van der Waals surface area (Å²) in [5.41, 5.74) is 9.70. The molecule has 0 spiro atoms. The highest BCUT2D eigenvalue weighted by Gasteiger charge is 2.31. The fraction of sp³-hybridized carbons (Fsp3) is 0.296. The molecule has 3 aromatic heterocycles. The molecule has 1 fully saturated rings. The Morgan fingerprint density at radius 3 is 2.81 bits per heavy atom. The van der Waals surface area contributed by atoms with Gasteiger partial charge in [-0.3, -0.25) is 14.8 Å². The Hall–Kier alpha value is -3.82. The fourth-order valence-electron chi connectivity index (χ4n) is 4.74. The second kappa shape index (κ2) is 9.67. The van der Waals surface area contributed by atoms with Crippen molar-refractivity contribution in [2.75, 3.05) is 23.3 Å². The lowest BCUT2D eigenvalue weighted by molar-refractivity contribution is 0.0785. The van der Waals surface area contributed by atoms with Crippen LogP contribution in [0, 0.1) is 11.7 Å². The van der Waals surface area contributed by atoms with Crippen LogP contribution in [0.25, 0.3) is 22.0 Å². The molecule has 36 heavy (non-hydrogen) atoms. The van der Waals surface area contributed by atoms with Crippen molar-refractivity contribution in [2.24, 2.45) is 18.7 Å². The van der Waals surface area contributed by atoms with E-state index in [9.17, 15) is 14.3 Å². The van der Waals surface area contributed by atoms with Gasteiger partial charge < -0.3 is 25.6 Å². The average Bonchev–Trinajstić information content (AvgIpc) is 2.88. The van der Waals surface area contributed by atoms with Crippen molar-refractivity contribution in [3.05, 3.63) is 82.9 Å². The monoisotopic (exact) mass is 488 g/mol. The number of pyridine rings is 3. The van der Waals surface area contributed by atoms with Crippen molar-refractivity contribution in [3.8, 4) is 11.1 Å². The number of aliphatic hydroxyl groups is 1. The number of nitrogens with zero attached hydrogens (tertiary/aromatic N) is 4. The highest BCUT2D eigenvalue weighted by atomic mass is 19.1. The van der Waals surface area contributed by atoms with Crippen LogP contribution in [0.2, 0.25) is 0 Å². The molecular formula is C27H29FN6O2. The van der Waals surface area contributed by atoms with Gasteiger partial charge in [0, 0.05) is 55.4 Å². The number of hydrogen-bond acceptors (Lipinski definition) is 7. The van der Waals surface area contributed by atoms with Crippen molar-refractivity contribution in [3.63, 3.8) is 0 Å². The second-order valence-corrected chi connectivity index (χ2v) is 9.45. The zero-order valence-electron chi connectivity index (χ0n) is 20.2. The molecule has 1 aromatic carbocycles. The Bertz CT molecular complexity index is 1460. The smallest absolute Gasteiger partial charge is 0.286 e. The predicted molar refractivity (Wildman–Crippen MR) is 139 cm³/mol. The van der Waals surface area contributed by atoms with E-state index in [0.29, 0.717) is 30.7 Å². The Morgan fingerprint density at radius 2 is 2.00 bits per heavy atom. The van der Waals surface area contributed by atoms with Crippen LogP contribution in [-0.4, -0.2) is 44.9 Å². The van der Waals surface area contributed by atoms with Gasteiger partial charge in [0.05, 0.1) is 41.4 Å². The lowest BCUT2D eigenvalue weighted by atomic mass is 9.92. The molecule has 0 saturated carbocycles. The predicted octanol–water partition coefficient (Wildman–Crippen LogP) is 2.89. The van der Waals surface area contributed by atoms with E-state index in [-0.39, 0.29) is 17.5 Å². The van der Waals surface area contributed by atoms with Crippen LogP contribution in [-0.2, 0) is 13.6 Å². The molecule has 8 nitrogen and oxygen atoms in total. The van der Waals surface area contributed by atoms with Gasteiger partial charge in [-0.25, -0.2) is 4.39 Å². The molecule has 3 unspecified atom stereocenters. The van der Waals surface area contributed by atoms with E-state index in [1.54, 1.807) is 36.8 Å². The van der Waals surface area contributed by atoms with Crippen LogP contribution in [0.4, 0.5) is 15.8 Å². The van der Waals surface area contributed by atoms with E-state index in [1.165, 1.54) is 11.6 Å². The molecule has 9 heteroatoms. The largest absolute Gasteiger partial charge is 0.391 e. The number of hydrogen-bond donors (Lipinski definition) is 3. The SMILES string of the molecule is CC1CN(c2ccncc2NCc2ccc3ccc(-c4ccn(C)c(=O)c4F)cc3n2)CC(N)C1O. The number of benzene rings is 1. The zero-order valence-corrected chi connectivity index (χ0v) is 20.2. The van der Waals surface area contributed by atoms with E-state index < -0.39 is 17.5 Å². The topological polar surface area (TPSA) is 109 Å². The molecule has 4 heterocycles. The molecule has 4 aromatic rings. The van der Waals surface area contributed by atoms with Gasteiger partial charge in [-0.2, -0.15) is 0 Å². The van der Waals surface area contributed by atoms with Crippen molar-refractivity contribution in [1.82, 2.24) is 14.5 Å². The number of anilines is 2. The van der Waals surface area contributed by atoms with Crippen molar-refractivity contribution < 1.29 is 9.50 Å². The molecule has 0 radical (unpaired) electrons. The summed E-state index contributed by atoms with van der Waals surface area (Å²) in [6.07, 6.45) is 4.56. The lowest BCUT2D eigenvalue weighted by Crippen LogP contribution is -2.55. The summed E-state index contributed by atoms with van der Waals surface area (Å²) in [5.74, 6) is -0.721. The molecule has 3 atom stereocenters. The number of fused-ring (bicyclic) bond motifs is 1. The van der Waals surface area contributed by atoms with Gasteiger partial charge in [-0.15, -0.1) is 0 Å². The summed E-state index contributed by atoms with van der Waals surface area (Å²) < 4.78 is 15.8. The first kappa shape index (κ1) is 23.9. The fourth-order valence-corrected chi connectivity index (χ4v) is 4.74. The number of aliphatic hydroxyl groups excluding tert-OH is 1. The number of nitrogens with one attached hydrogen (secondary N) is 1. The summed E-state index contributed by atoms with van der Waals surface area (Å²) in [5, 5.41) is 14.6. The van der Waals surface area contributed by atoms with Crippen LogP contribution in [0.15, 0.2) is 65.8 Å². The van der Waals surface area contributed by atoms with E-state index in [2.05, 4.69) is 15.2 Å². The first-order chi connectivity index (χ1) is 17.3. The molecule has 4 N–H and O–H groups in total. The summed E-state index contributed by atoms with van der Waals surface area (Å²) in [4.78, 5) is 23.2. The summed E-state index contributed by atoms with van der Waals surface area (Å²) >= 11 is 0. The summed E-state index contributed by atoms with van der Waals surface area (Å²) in [6.45, 7) is 3.71. The minimum absolute atomic E-state index is 0.0563. The molecule has 0 amide bonds. The Morgan fingerprint density at radius 1 is 1.19 bits per heavy atom. The van der Waals surface area contributed by atoms with Gasteiger partial charge in [-0.05, 0) is 29.8 Å². The van der Waals surface area contributed by atoms with Crippen LogP contribution in [0.5, 0.6) is 0 Å². The molecule has 186 valence electrons. The Labute approximate surface area is 208 Å². The molecule has 5 rings (SSSR count).